The molecule has 2 saturated carbocycles. The highest BCUT2D eigenvalue weighted by atomic mass is 16.3. The lowest BCUT2D eigenvalue weighted by atomic mass is 9.76. The average molecular weight is 554 g/mol. The Morgan fingerprint density at radius 2 is 1.88 bits per heavy atom. The van der Waals surface area contributed by atoms with E-state index in [9.17, 15) is 9.90 Å². The predicted octanol–water partition coefficient (Wildman–Crippen LogP) is 4.45. The maximum absolute atomic E-state index is 14.3. The molecule has 4 aromatic rings. The van der Waals surface area contributed by atoms with Crippen LogP contribution < -0.4 is 5.32 Å². The fraction of sp³-hybridized carbons (Fsp3) is 0.500. The van der Waals surface area contributed by atoms with Gasteiger partial charge in [-0.3, -0.25) is 4.79 Å². The fourth-order valence-electron chi connectivity index (χ4n) is 7.07. The molecule has 7 rings (SSSR count). The quantitative estimate of drug-likeness (QED) is 0.335. The number of hydrogen-bond donors (Lipinski definition) is 2. The van der Waals surface area contributed by atoms with Gasteiger partial charge in [0.2, 0.25) is 0 Å². The largest absolute Gasteiger partial charge is 0.388 e. The first kappa shape index (κ1) is 26.3. The maximum Gasteiger partial charge on any atom is 0.275 e. The van der Waals surface area contributed by atoms with Crippen molar-refractivity contribution in [2.75, 3.05) is 19.6 Å². The van der Waals surface area contributed by atoms with E-state index in [2.05, 4.69) is 32.3 Å². The summed E-state index contributed by atoms with van der Waals surface area (Å²) in [5.41, 5.74) is 3.40. The smallest absolute Gasteiger partial charge is 0.275 e. The Balaban J connectivity index is 1.20. The van der Waals surface area contributed by atoms with Crippen molar-refractivity contribution in [2.24, 2.45) is 5.92 Å². The van der Waals surface area contributed by atoms with Crippen LogP contribution in [0.2, 0.25) is 0 Å². The lowest BCUT2D eigenvalue weighted by Gasteiger charge is -2.42. The third-order valence-corrected chi connectivity index (χ3v) is 9.38. The first-order valence-electron chi connectivity index (χ1n) is 15.3. The van der Waals surface area contributed by atoms with Crippen LogP contribution in [0, 0.1) is 5.92 Å². The first-order valence-corrected chi connectivity index (χ1v) is 15.3. The second-order valence-electron chi connectivity index (χ2n) is 12.2. The van der Waals surface area contributed by atoms with Gasteiger partial charge < -0.3 is 19.9 Å². The van der Waals surface area contributed by atoms with Crippen molar-refractivity contribution in [3.63, 3.8) is 0 Å². The van der Waals surface area contributed by atoms with Crippen LogP contribution >= 0.6 is 0 Å². The molecule has 1 saturated heterocycles. The van der Waals surface area contributed by atoms with E-state index in [0.29, 0.717) is 24.7 Å². The van der Waals surface area contributed by atoms with Crippen molar-refractivity contribution in [1.82, 2.24) is 34.8 Å². The number of benzene rings is 2. The summed E-state index contributed by atoms with van der Waals surface area (Å²) in [5, 5.41) is 24.1. The maximum atomic E-state index is 14.3. The summed E-state index contributed by atoms with van der Waals surface area (Å²) in [6.45, 7) is 2.77. The molecule has 0 radical (unpaired) electrons. The summed E-state index contributed by atoms with van der Waals surface area (Å²) in [4.78, 5) is 21.1. The van der Waals surface area contributed by atoms with Crippen LogP contribution in [0.15, 0.2) is 60.9 Å². The van der Waals surface area contributed by atoms with Gasteiger partial charge in [0.1, 0.15) is 5.52 Å². The number of carbonyl (C=O) groups excluding carboxylic acids is 1. The molecule has 2 aromatic carbocycles. The molecule has 3 atom stereocenters. The van der Waals surface area contributed by atoms with Crippen molar-refractivity contribution >= 4 is 16.9 Å². The third-order valence-electron chi connectivity index (χ3n) is 9.38. The summed E-state index contributed by atoms with van der Waals surface area (Å²) in [6, 6.07) is 18.0. The van der Waals surface area contributed by atoms with Crippen LogP contribution in [0.1, 0.15) is 67.9 Å². The van der Waals surface area contributed by atoms with E-state index in [1.807, 2.05) is 58.4 Å². The normalized spacial score (nSPS) is 25.0. The monoisotopic (exact) mass is 553 g/mol. The van der Waals surface area contributed by atoms with E-state index in [-0.39, 0.29) is 18.0 Å². The molecule has 2 N–H and O–H groups in total. The Morgan fingerprint density at radius 3 is 2.73 bits per heavy atom. The molecule has 2 aromatic heterocycles. The zero-order valence-electron chi connectivity index (χ0n) is 23.5. The number of aryl methyl sites for hydroxylation is 1. The number of aliphatic hydroxyl groups is 1. The molecule has 41 heavy (non-hydrogen) atoms. The molecule has 2 aliphatic carbocycles. The number of nitrogens with one attached hydrogen (secondary N) is 1. The topological polar surface area (TPSA) is 101 Å². The molecule has 9 nitrogen and oxygen atoms in total. The molecule has 0 unspecified atom stereocenters. The van der Waals surface area contributed by atoms with Gasteiger partial charge in [0.05, 0.1) is 29.2 Å². The molecule has 1 amide bonds. The molecule has 3 aliphatic rings. The fourth-order valence-corrected chi connectivity index (χ4v) is 7.07. The molecule has 9 heteroatoms. The number of nitrogens with zero attached hydrogens (tertiary/aromatic N) is 6. The lowest BCUT2D eigenvalue weighted by molar-refractivity contribution is -0.0518. The number of rotatable bonds is 8. The number of fused-ring (bicyclic) bond motifs is 1. The van der Waals surface area contributed by atoms with Crippen molar-refractivity contribution in [3.8, 4) is 11.3 Å². The highest BCUT2D eigenvalue weighted by Gasteiger charge is 2.45. The number of para-hydroxylation sites is 1. The number of aromatic nitrogens is 5. The van der Waals surface area contributed by atoms with Crippen LogP contribution in [0.4, 0.5) is 0 Å². The zero-order chi connectivity index (χ0) is 27.8. The lowest BCUT2D eigenvalue weighted by Crippen LogP contribution is -2.54. The predicted molar refractivity (Wildman–Crippen MR) is 157 cm³/mol. The molecule has 0 spiro atoms. The Morgan fingerprint density at radius 1 is 1.05 bits per heavy atom. The van der Waals surface area contributed by atoms with Gasteiger partial charge >= 0.3 is 0 Å². The average Bonchev–Trinajstić information content (AvgIpc) is 3.55. The number of hydrogen-bond acceptors (Lipinski definition) is 6. The minimum Gasteiger partial charge on any atom is -0.388 e. The van der Waals surface area contributed by atoms with Gasteiger partial charge in [-0.25, -0.2) is 9.67 Å². The third kappa shape index (κ3) is 5.17. The van der Waals surface area contributed by atoms with Crippen molar-refractivity contribution < 1.29 is 9.90 Å². The number of carbonyl (C=O) groups is 1. The summed E-state index contributed by atoms with van der Waals surface area (Å²) in [6.07, 6.45) is 9.67. The summed E-state index contributed by atoms with van der Waals surface area (Å²) in [5.74, 6) is 0.577. The highest BCUT2D eigenvalue weighted by Crippen LogP contribution is 2.48. The van der Waals surface area contributed by atoms with Crippen molar-refractivity contribution in [1.29, 1.82) is 0 Å². The van der Waals surface area contributed by atoms with Crippen LogP contribution in [-0.2, 0) is 6.54 Å². The van der Waals surface area contributed by atoms with E-state index >= 15 is 0 Å². The van der Waals surface area contributed by atoms with E-state index in [0.717, 1.165) is 73.9 Å². The van der Waals surface area contributed by atoms with Gasteiger partial charge in [-0.05, 0) is 43.7 Å². The summed E-state index contributed by atoms with van der Waals surface area (Å²) < 4.78 is 4.07. The molecule has 214 valence electrons. The second kappa shape index (κ2) is 11.0. The van der Waals surface area contributed by atoms with Gasteiger partial charge in [-0.1, -0.05) is 73.4 Å². The number of amides is 1. The zero-order valence-corrected chi connectivity index (χ0v) is 23.5. The Hall–Kier alpha value is -3.56. The molecule has 0 bridgehead atoms. The molecule has 1 aliphatic heterocycles. The van der Waals surface area contributed by atoms with Crippen LogP contribution in [-0.4, -0.2) is 71.7 Å². The van der Waals surface area contributed by atoms with Crippen LogP contribution in [0.25, 0.3) is 22.3 Å². The minimum atomic E-state index is -0.762. The molecule has 3 fully saturated rings. The minimum absolute atomic E-state index is 0.00876. The van der Waals surface area contributed by atoms with E-state index < -0.39 is 5.60 Å². The van der Waals surface area contributed by atoms with Gasteiger partial charge in [0.15, 0.2) is 5.69 Å². The highest BCUT2D eigenvalue weighted by molar-refractivity contribution is 5.98. The molecular formula is C32H39N7O2. The van der Waals surface area contributed by atoms with E-state index in [4.69, 9.17) is 4.98 Å². The number of piperazine rings is 1. The SMILES string of the molecule is O=C(c1ncn([C@@H]2CCCC[C@@]2(O)CC2CC2)c1-c1ccccc1)N1CCNC[C@H]1CCn1nnc2ccccc21. The van der Waals surface area contributed by atoms with E-state index in [1.165, 1.54) is 12.8 Å². The van der Waals surface area contributed by atoms with Gasteiger partial charge in [-0.2, -0.15) is 0 Å². The van der Waals surface area contributed by atoms with Crippen molar-refractivity contribution in [3.05, 3.63) is 66.6 Å². The van der Waals surface area contributed by atoms with Gasteiger partial charge in [0, 0.05) is 37.8 Å². The van der Waals surface area contributed by atoms with Crippen LogP contribution in [0.3, 0.4) is 0 Å². The number of imidazole rings is 1. The van der Waals surface area contributed by atoms with Gasteiger partial charge in [0.25, 0.3) is 5.91 Å². The first-order chi connectivity index (χ1) is 20.1. The van der Waals surface area contributed by atoms with Crippen molar-refractivity contribution in [2.45, 2.75) is 75.6 Å². The Bertz CT molecular complexity index is 1510. The summed E-state index contributed by atoms with van der Waals surface area (Å²) in [7, 11) is 0. The van der Waals surface area contributed by atoms with Gasteiger partial charge in [-0.15, -0.1) is 5.10 Å². The van der Waals surface area contributed by atoms with E-state index in [1.54, 1.807) is 0 Å². The Labute approximate surface area is 240 Å². The molecule has 3 heterocycles. The molecular weight excluding hydrogens is 514 g/mol. The summed E-state index contributed by atoms with van der Waals surface area (Å²) >= 11 is 0. The standard InChI is InChI=1S/C32H39N7O2/c40-31(37-19-17-33-21-25(37)15-18-39-27-11-5-4-10-26(27)35-36-39)29-30(24-8-2-1-3-9-24)38(22-34-29)28-12-6-7-16-32(28,41)20-23-13-14-23/h1-5,8-11,22-23,25,28,33,41H,6-7,12-21H2/t25-,28-,32-/m1/s1. The van der Waals surface area contributed by atoms with Crippen LogP contribution in [0.5, 0.6) is 0 Å². The second-order valence-corrected chi connectivity index (χ2v) is 12.2. The Kier molecular flexibility index (Phi) is 7.08.